The summed E-state index contributed by atoms with van der Waals surface area (Å²) in [7, 11) is 0. The Hall–Kier alpha value is -2.02. The number of thiophene rings is 1. The van der Waals surface area contributed by atoms with E-state index < -0.39 is 0 Å². The van der Waals surface area contributed by atoms with E-state index in [-0.39, 0.29) is 17.9 Å². The lowest BCUT2D eigenvalue weighted by Crippen LogP contribution is -2.16. The van der Waals surface area contributed by atoms with Crippen LogP contribution < -0.4 is 10.6 Å². The van der Waals surface area contributed by atoms with Crippen LogP contribution in [-0.2, 0) is 11.2 Å². The van der Waals surface area contributed by atoms with Crippen molar-refractivity contribution in [3.63, 3.8) is 0 Å². The van der Waals surface area contributed by atoms with Crippen LogP contribution in [0.1, 0.15) is 49.5 Å². The number of hydrogen-bond donors (Lipinski definition) is 2. The van der Waals surface area contributed by atoms with Gasteiger partial charge in [-0.05, 0) is 36.8 Å². The number of nitrogens with one attached hydrogen (secondary N) is 2. The first-order valence-corrected chi connectivity index (χ1v) is 8.24. The first kappa shape index (κ1) is 16.4. The Morgan fingerprint density at radius 1 is 1.27 bits per heavy atom. The quantitative estimate of drug-likeness (QED) is 0.853. The second kappa shape index (κ2) is 7.31. The molecule has 22 heavy (non-hydrogen) atoms. The lowest BCUT2D eigenvalue weighted by molar-refractivity contribution is -0.114. The third-order valence-electron chi connectivity index (χ3n) is 3.22. The molecule has 0 aliphatic rings. The Kier molecular flexibility index (Phi) is 5.43. The Labute approximate surface area is 134 Å². The fraction of sp³-hybridized carbons (Fsp3) is 0.467. The molecule has 2 N–H and O–H groups in total. The lowest BCUT2D eigenvalue weighted by atomic mass is 10.1. The standard InChI is InChI=1S/C15H21N5OS/c1-5-11-7-8-22-13(11)12(6-2)19-15-17-9(3)16-14(20-15)18-10(4)21/h7-8,12H,5-6H2,1-4H3,(H2,16,17,18,19,20,21). The molecule has 6 nitrogen and oxygen atoms in total. The third-order valence-corrected chi connectivity index (χ3v) is 4.30. The Balaban J connectivity index is 2.24. The van der Waals surface area contributed by atoms with E-state index >= 15 is 0 Å². The molecule has 2 rings (SSSR count). The van der Waals surface area contributed by atoms with Crippen molar-refractivity contribution in [1.82, 2.24) is 15.0 Å². The first-order valence-electron chi connectivity index (χ1n) is 7.36. The average Bonchev–Trinajstić information content (AvgIpc) is 2.91. The van der Waals surface area contributed by atoms with E-state index in [2.05, 4.69) is 50.9 Å². The minimum Gasteiger partial charge on any atom is -0.346 e. The van der Waals surface area contributed by atoms with E-state index in [9.17, 15) is 4.79 Å². The van der Waals surface area contributed by atoms with E-state index in [1.165, 1.54) is 17.4 Å². The van der Waals surface area contributed by atoms with Gasteiger partial charge in [0, 0.05) is 11.8 Å². The van der Waals surface area contributed by atoms with Gasteiger partial charge in [-0.1, -0.05) is 13.8 Å². The maximum absolute atomic E-state index is 11.2. The molecule has 1 unspecified atom stereocenters. The number of carbonyl (C=O) groups is 1. The van der Waals surface area contributed by atoms with Crippen molar-refractivity contribution in [2.24, 2.45) is 0 Å². The van der Waals surface area contributed by atoms with Crippen LogP contribution >= 0.6 is 11.3 Å². The molecule has 0 fully saturated rings. The summed E-state index contributed by atoms with van der Waals surface area (Å²) < 4.78 is 0. The zero-order valence-electron chi connectivity index (χ0n) is 13.3. The summed E-state index contributed by atoms with van der Waals surface area (Å²) >= 11 is 1.74. The van der Waals surface area contributed by atoms with E-state index in [1.54, 1.807) is 18.3 Å². The SMILES string of the molecule is CCc1ccsc1C(CC)Nc1nc(C)nc(NC(C)=O)n1. The summed E-state index contributed by atoms with van der Waals surface area (Å²) in [5.74, 6) is 1.13. The summed E-state index contributed by atoms with van der Waals surface area (Å²) in [4.78, 5) is 25.2. The minimum atomic E-state index is -0.199. The molecule has 0 bridgehead atoms. The number of carbonyl (C=O) groups excluding carboxylic acids is 1. The number of anilines is 2. The van der Waals surface area contributed by atoms with E-state index in [0.29, 0.717) is 11.8 Å². The van der Waals surface area contributed by atoms with Crippen molar-refractivity contribution < 1.29 is 4.79 Å². The van der Waals surface area contributed by atoms with Crippen LogP contribution in [0.3, 0.4) is 0 Å². The van der Waals surface area contributed by atoms with Crippen molar-refractivity contribution >= 4 is 29.1 Å². The maximum atomic E-state index is 11.2. The lowest BCUT2D eigenvalue weighted by Gasteiger charge is -2.17. The van der Waals surface area contributed by atoms with Gasteiger partial charge in [0.1, 0.15) is 5.82 Å². The molecular formula is C15H21N5OS. The molecule has 7 heteroatoms. The molecule has 1 amide bonds. The highest BCUT2D eigenvalue weighted by Crippen LogP contribution is 2.29. The van der Waals surface area contributed by atoms with Gasteiger partial charge >= 0.3 is 0 Å². The molecule has 0 spiro atoms. The number of amides is 1. The minimum absolute atomic E-state index is 0.155. The van der Waals surface area contributed by atoms with Crippen LogP contribution in [-0.4, -0.2) is 20.9 Å². The van der Waals surface area contributed by atoms with Gasteiger partial charge in [-0.25, -0.2) is 0 Å². The second-order valence-electron chi connectivity index (χ2n) is 4.98. The van der Waals surface area contributed by atoms with Crippen LogP contribution in [0.4, 0.5) is 11.9 Å². The second-order valence-corrected chi connectivity index (χ2v) is 5.93. The highest BCUT2D eigenvalue weighted by atomic mass is 32.1. The average molecular weight is 319 g/mol. The van der Waals surface area contributed by atoms with Crippen molar-refractivity contribution in [2.45, 2.75) is 46.6 Å². The zero-order chi connectivity index (χ0) is 16.1. The normalized spacial score (nSPS) is 12.0. The van der Waals surface area contributed by atoms with Gasteiger partial charge in [0.25, 0.3) is 0 Å². The number of nitrogens with zero attached hydrogens (tertiary/aromatic N) is 3. The number of aromatic nitrogens is 3. The molecule has 118 valence electrons. The Morgan fingerprint density at radius 3 is 2.64 bits per heavy atom. The topological polar surface area (TPSA) is 79.8 Å². The summed E-state index contributed by atoms with van der Waals surface area (Å²) in [6.07, 6.45) is 1.93. The van der Waals surface area contributed by atoms with Gasteiger partial charge in [0.2, 0.25) is 17.8 Å². The molecule has 0 aliphatic heterocycles. The smallest absolute Gasteiger partial charge is 0.234 e. The maximum Gasteiger partial charge on any atom is 0.234 e. The van der Waals surface area contributed by atoms with E-state index in [4.69, 9.17) is 0 Å². The first-order chi connectivity index (χ1) is 10.5. The number of rotatable bonds is 6. The number of aryl methyl sites for hydroxylation is 2. The van der Waals surface area contributed by atoms with Crippen LogP contribution in [0, 0.1) is 6.92 Å². The highest BCUT2D eigenvalue weighted by molar-refractivity contribution is 7.10. The largest absolute Gasteiger partial charge is 0.346 e. The molecule has 1 atom stereocenters. The monoisotopic (exact) mass is 319 g/mol. The van der Waals surface area contributed by atoms with Gasteiger partial charge in [-0.3, -0.25) is 10.1 Å². The molecular weight excluding hydrogens is 298 g/mol. The Bertz CT molecular complexity index is 655. The molecule has 0 saturated carbocycles. The van der Waals surface area contributed by atoms with Crippen molar-refractivity contribution in [1.29, 1.82) is 0 Å². The Morgan fingerprint density at radius 2 is 2.00 bits per heavy atom. The van der Waals surface area contributed by atoms with Crippen LogP contribution in [0.25, 0.3) is 0 Å². The van der Waals surface area contributed by atoms with Crippen molar-refractivity contribution in [2.75, 3.05) is 10.6 Å². The summed E-state index contributed by atoms with van der Waals surface area (Å²) in [6.45, 7) is 7.49. The fourth-order valence-electron chi connectivity index (χ4n) is 2.21. The molecule has 0 aliphatic carbocycles. The predicted octanol–water partition coefficient (Wildman–Crippen LogP) is 3.33. The van der Waals surface area contributed by atoms with Crippen molar-refractivity contribution in [3.05, 3.63) is 27.7 Å². The summed E-state index contributed by atoms with van der Waals surface area (Å²) in [6, 6.07) is 2.31. The molecule has 2 aromatic heterocycles. The van der Waals surface area contributed by atoms with Crippen molar-refractivity contribution in [3.8, 4) is 0 Å². The van der Waals surface area contributed by atoms with E-state index in [1.807, 2.05) is 0 Å². The number of hydrogen-bond acceptors (Lipinski definition) is 6. The van der Waals surface area contributed by atoms with E-state index in [0.717, 1.165) is 12.8 Å². The fourth-order valence-corrected chi connectivity index (χ4v) is 3.35. The molecule has 2 heterocycles. The summed E-state index contributed by atoms with van der Waals surface area (Å²) in [5.41, 5.74) is 1.34. The van der Waals surface area contributed by atoms with Gasteiger partial charge in [0.15, 0.2) is 0 Å². The molecule has 0 saturated heterocycles. The van der Waals surface area contributed by atoms with Crippen LogP contribution in [0.5, 0.6) is 0 Å². The van der Waals surface area contributed by atoms with Gasteiger partial charge in [-0.2, -0.15) is 15.0 Å². The van der Waals surface area contributed by atoms with Gasteiger partial charge in [0.05, 0.1) is 6.04 Å². The molecule has 0 radical (unpaired) electrons. The summed E-state index contributed by atoms with van der Waals surface area (Å²) in [5, 5.41) is 8.06. The third kappa shape index (κ3) is 4.00. The molecule has 2 aromatic rings. The molecule has 0 aromatic carbocycles. The van der Waals surface area contributed by atoms with Crippen LogP contribution in [0.15, 0.2) is 11.4 Å². The van der Waals surface area contributed by atoms with Gasteiger partial charge in [-0.15, -0.1) is 11.3 Å². The van der Waals surface area contributed by atoms with Gasteiger partial charge < -0.3 is 5.32 Å². The highest BCUT2D eigenvalue weighted by Gasteiger charge is 2.16. The zero-order valence-corrected chi connectivity index (χ0v) is 14.1. The predicted molar refractivity (Wildman–Crippen MR) is 89.2 cm³/mol. The van der Waals surface area contributed by atoms with Crippen LogP contribution in [0.2, 0.25) is 0 Å².